The summed E-state index contributed by atoms with van der Waals surface area (Å²) < 4.78 is 41.2. The van der Waals surface area contributed by atoms with E-state index in [1.54, 1.807) is 12.1 Å². The number of sulfonamides is 1. The molecule has 2 aromatic carbocycles. The fourth-order valence-corrected chi connectivity index (χ4v) is 6.25. The van der Waals surface area contributed by atoms with E-state index >= 15 is 0 Å². The van der Waals surface area contributed by atoms with Gasteiger partial charge in [0.25, 0.3) is 11.6 Å². The van der Waals surface area contributed by atoms with Crippen LogP contribution in [0.5, 0.6) is 0 Å². The van der Waals surface area contributed by atoms with Crippen LogP contribution >= 0.6 is 23.3 Å². The third-order valence-corrected chi connectivity index (χ3v) is 8.15. The SMILES string of the molecule is O=C(COC(=O)C1CCCCN1S(=O)(=O)c1cccc2nsnc12)Nc1cc([N+](=O)[O-])ccc1Cl. The molecule has 3 aromatic rings. The van der Waals surface area contributed by atoms with E-state index in [4.69, 9.17) is 16.3 Å². The maximum absolute atomic E-state index is 13.4. The zero-order valence-electron chi connectivity index (χ0n) is 17.9. The predicted octanol–water partition coefficient (Wildman–Crippen LogP) is 2.98. The Kier molecular flexibility index (Phi) is 7.25. The zero-order valence-corrected chi connectivity index (χ0v) is 20.3. The van der Waals surface area contributed by atoms with Crippen molar-refractivity contribution in [1.29, 1.82) is 0 Å². The van der Waals surface area contributed by atoms with Crippen LogP contribution in [0, 0.1) is 10.1 Å². The fourth-order valence-electron chi connectivity index (χ4n) is 3.69. The summed E-state index contributed by atoms with van der Waals surface area (Å²) in [5.41, 5.74) is 0.357. The van der Waals surface area contributed by atoms with E-state index in [1.807, 2.05) is 0 Å². The first-order valence-corrected chi connectivity index (χ1v) is 12.9. The number of anilines is 1. The average Bonchev–Trinajstić information content (AvgIpc) is 3.32. The van der Waals surface area contributed by atoms with Gasteiger partial charge in [0.2, 0.25) is 10.0 Å². The van der Waals surface area contributed by atoms with Gasteiger partial charge in [0.15, 0.2) is 6.61 Å². The predicted molar refractivity (Wildman–Crippen MR) is 127 cm³/mol. The summed E-state index contributed by atoms with van der Waals surface area (Å²) in [7, 11) is -4.10. The van der Waals surface area contributed by atoms with Crippen molar-refractivity contribution < 1.29 is 27.7 Å². The van der Waals surface area contributed by atoms with E-state index in [1.165, 1.54) is 18.2 Å². The van der Waals surface area contributed by atoms with Gasteiger partial charge in [-0.2, -0.15) is 13.1 Å². The van der Waals surface area contributed by atoms with Crippen molar-refractivity contribution in [1.82, 2.24) is 13.1 Å². The van der Waals surface area contributed by atoms with Crippen molar-refractivity contribution >= 4 is 67.6 Å². The largest absolute Gasteiger partial charge is 0.454 e. The van der Waals surface area contributed by atoms with Crippen LogP contribution in [0.4, 0.5) is 11.4 Å². The van der Waals surface area contributed by atoms with Gasteiger partial charge in [0, 0.05) is 18.7 Å². The van der Waals surface area contributed by atoms with Crippen LogP contribution in [0.25, 0.3) is 11.0 Å². The number of carbonyl (C=O) groups is 2. The van der Waals surface area contributed by atoms with E-state index in [0.29, 0.717) is 18.4 Å². The van der Waals surface area contributed by atoms with Gasteiger partial charge in [-0.3, -0.25) is 19.7 Å². The molecule has 2 heterocycles. The monoisotopic (exact) mass is 539 g/mol. The molecule has 4 rings (SSSR count). The van der Waals surface area contributed by atoms with Gasteiger partial charge in [0.1, 0.15) is 22.0 Å². The molecule has 1 N–H and O–H groups in total. The van der Waals surface area contributed by atoms with Crippen LogP contribution in [0.15, 0.2) is 41.3 Å². The number of piperidine rings is 1. The standard InChI is InChI=1S/C20H18ClN5O7S2/c21-13-8-7-12(26(29)30)10-15(13)22-18(27)11-33-20(28)16-5-1-2-9-25(16)35(31,32)17-6-3-4-14-19(17)24-34-23-14/h3-4,6-8,10,16H,1-2,5,9,11H2,(H,22,27). The quantitative estimate of drug-likeness (QED) is 0.270. The minimum Gasteiger partial charge on any atom is -0.454 e. The minimum absolute atomic E-state index is 0.0197. The van der Waals surface area contributed by atoms with Crippen LogP contribution < -0.4 is 5.32 Å². The number of rotatable bonds is 7. The van der Waals surface area contributed by atoms with Crippen LogP contribution in [0.1, 0.15) is 19.3 Å². The summed E-state index contributed by atoms with van der Waals surface area (Å²) in [6.45, 7) is -0.626. The molecular weight excluding hydrogens is 522 g/mol. The second-order valence-corrected chi connectivity index (χ2v) is 10.4. The summed E-state index contributed by atoms with van der Waals surface area (Å²) in [5.74, 6) is -1.67. The number of amides is 1. The molecule has 1 saturated heterocycles. The van der Waals surface area contributed by atoms with Crippen molar-refractivity contribution in [3.8, 4) is 0 Å². The van der Waals surface area contributed by atoms with Gasteiger partial charge in [-0.25, -0.2) is 8.42 Å². The first-order chi connectivity index (χ1) is 16.7. The lowest BCUT2D eigenvalue weighted by atomic mass is 10.1. The molecule has 12 nitrogen and oxygen atoms in total. The molecule has 1 amide bonds. The maximum Gasteiger partial charge on any atom is 0.324 e. The molecule has 1 aliphatic rings. The van der Waals surface area contributed by atoms with E-state index in [0.717, 1.165) is 22.1 Å². The number of nitro groups is 1. The third kappa shape index (κ3) is 5.24. The second-order valence-electron chi connectivity index (χ2n) is 7.59. The summed E-state index contributed by atoms with van der Waals surface area (Å²) in [6, 6.07) is 6.99. The Morgan fingerprint density at radius 3 is 2.83 bits per heavy atom. The number of nitrogens with one attached hydrogen (secondary N) is 1. The lowest BCUT2D eigenvalue weighted by Gasteiger charge is -2.32. The summed E-state index contributed by atoms with van der Waals surface area (Å²) in [4.78, 5) is 35.3. The normalized spacial score (nSPS) is 16.7. The van der Waals surface area contributed by atoms with E-state index in [-0.39, 0.29) is 39.8 Å². The average molecular weight is 540 g/mol. The second kappa shape index (κ2) is 10.2. The zero-order chi connectivity index (χ0) is 25.2. The van der Waals surface area contributed by atoms with Crippen molar-refractivity contribution in [3.63, 3.8) is 0 Å². The van der Waals surface area contributed by atoms with Crippen LogP contribution in [0.2, 0.25) is 5.02 Å². The van der Waals surface area contributed by atoms with E-state index in [2.05, 4.69) is 14.1 Å². The summed E-state index contributed by atoms with van der Waals surface area (Å²) in [6.07, 6.45) is 1.38. The number of aromatic nitrogens is 2. The number of halogens is 1. The lowest BCUT2D eigenvalue weighted by molar-refractivity contribution is -0.384. The molecule has 1 fully saturated rings. The van der Waals surface area contributed by atoms with E-state index < -0.39 is 39.5 Å². The van der Waals surface area contributed by atoms with Gasteiger partial charge in [-0.15, -0.1) is 0 Å². The van der Waals surface area contributed by atoms with Gasteiger partial charge in [-0.05, 0) is 37.5 Å². The highest BCUT2D eigenvalue weighted by atomic mass is 35.5. The molecule has 0 radical (unpaired) electrons. The highest BCUT2D eigenvalue weighted by molar-refractivity contribution is 7.89. The Hall–Kier alpha value is -3.20. The number of hydrogen-bond acceptors (Lipinski definition) is 10. The lowest BCUT2D eigenvalue weighted by Crippen LogP contribution is -2.49. The summed E-state index contributed by atoms with van der Waals surface area (Å²) in [5, 5.41) is 13.3. The highest BCUT2D eigenvalue weighted by Crippen LogP contribution is 2.30. The number of nitro benzene ring substituents is 1. The molecule has 1 unspecified atom stereocenters. The molecule has 0 aliphatic carbocycles. The Bertz CT molecular complexity index is 1410. The molecular formula is C20H18ClN5O7S2. The number of nitrogens with zero attached hydrogens (tertiary/aromatic N) is 4. The van der Waals surface area contributed by atoms with Crippen LogP contribution in [0.3, 0.4) is 0 Å². The maximum atomic E-state index is 13.4. The molecule has 1 aromatic heterocycles. The number of esters is 1. The number of benzene rings is 2. The van der Waals surface area contributed by atoms with Crippen molar-refractivity contribution in [2.24, 2.45) is 0 Å². The minimum atomic E-state index is -4.10. The number of carbonyl (C=O) groups excluding carboxylic acids is 2. The molecule has 35 heavy (non-hydrogen) atoms. The van der Waals surface area contributed by atoms with Crippen LogP contribution in [-0.4, -0.2) is 57.5 Å². The van der Waals surface area contributed by atoms with Gasteiger partial charge < -0.3 is 10.1 Å². The molecule has 0 saturated carbocycles. The Morgan fingerprint density at radius 1 is 1.26 bits per heavy atom. The Morgan fingerprint density at radius 2 is 2.06 bits per heavy atom. The molecule has 0 bridgehead atoms. The number of hydrogen-bond donors (Lipinski definition) is 1. The van der Waals surface area contributed by atoms with Gasteiger partial charge >= 0.3 is 5.97 Å². The molecule has 1 aliphatic heterocycles. The third-order valence-electron chi connectivity index (χ3n) is 5.34. The van der Waals surface area contributed by atoms with E-state index in [9.17, 15) is 28.1 Å². The number of fused-ring (bicyclic) bond motifs is 1. The van der Waals surface area contributed by atoms with Gasteiger partial charge in [0.05, 0.1) is 27.4 Å². The topological polar surface area (TPSA) is 162 Å². The first-order valence-electron chi connectivity index (χ1n) is 10.3. The van der Waals surface area contributed by atoms with Crippen LogP contribution in [-0.2, 0) is 24.3 Å². The van der Waals surface area contributed by atoms with Gasteiger partial charge in [-0.1, -0.05) is 17.7 Å². The smallest absolute Gasteiger partial charge is 0.324 e. The van der Waals surface area contributed by atoms with Crippen molar-refractivity contribution in [2.75, 3.05) is 18.5 Å². The highest BCUT2D eigenvalue weighted by Gasteiger charge is 2.39. The number of non-ortho nitro benzene ring substituents is 1. The Labute approximate surface area is 208 Å². The number of ether oxygens (including phenoxy) is 1. The van der Waals surface area contributed by atoms with Crippen molar-refractivity contribution in [3.05, 3.63) is 51.5 Å². The molecule has 15 heteroatoms. The molecule has 0 spiro atoms. The Balaban J connectivity index is 1.47. The molecule has 1 atom stereocenters. The summed E-state index contributed by atoms with van der Waals surface area (Å²) >= 11 is 6.85. The first kappa shape index (κ1) is 24.9. The fraction of sp³-hybridized carbons (Fsp3) is 0.300. The van der Waals surface area contributed by atoms with Crippen molar-refractivity contribution in [2.45, 2.75) is 30.2 Å². The molecule has 184 valence electrons.